The van der Waals surface area contributed by atoms with Crippen molar-refractivity contribution >= 4 is 11.6 Å². The molecule has 0 bridgehead atoms. The van der Waals surface area contributed by atoms with Crippen LogP contribution in [0, 0.1) is 0 Å². The van der Waals surface area contributed by atoms with Crippen molar-refractivity contribution in [1.82, 2.24) is 15.3 Å². The Labute approximate surface area is 118 Å². The Bertz CT molecular complexity index is 565. The van der Waals surface area contributed by atoms with E-state index in [-0.39, 0.29) is 0 Å². The van der Waals surface area contributed by atoms with Gasteiger partial charge in [0.05, 0.1) is 17.6 Å². The first-order valence-electron chi connectivity index (χ1n) is 6.61. The van der Waals surface area contributed by atoms with Crippen molar-refractivity contribution in [3.8, 4) is 11.3 Å². The number of rotatable bonds is 2. The third-order valence-electron chi connectivity index (χ3n) is 3.49. The van der Waals surface area contributed by atoms with Crippen molar-refractivity contribution < 1.29 is 0 Å². The minimum absolute atomic E-state index is 0.473. The van der Waals surface area contributed by atoms with Crippen molar-refractivity contribution in [3.05, 3.63) is 47.4 Å². The summed E-state index contributed by atoms with van der Waals surface area (Å²) >= 11 is 6.03. The molecule has 0 unspecified atom stereocenters. The molecule has 4 heteroatoms. The second kappa shape index (κ2) is 5.68. The first-order chi connectivity index (χ1) is 9.33. The van der Waals surface area contributed by atoms with E-state index in [2.05, 4.69) is 10.3 Å². The van der Waals surface area contributed by atoms with E-state index >= 15 is 0 Å². The minimum Gasteiger partial charge on any atom is -0.316 e. The van der Waals surface area contributed by atoms with Crippen molar-refractivity contribution in [2.24, 2.45) is 0 Å². The van der Waals surface area contributed by atoms with Gasteiger partial charge in [-0.25, -0.2) is 4.98 Å². The Hall–Kier alpha value is -1.45. The second-order valence-corrected chi connectivity index (χ2v) is 5.32. The average Bonchev–Trinajstić information content (AvgIpc) is 2.48. The lowest BCUT2D eigenvalue weighted by atomic mass is 9.96. The van der Waals surface area contributed by atoms with Crippen LogP contribution < -0.4 is 5.32 Å². The quantitative estimate of drug-likeness (QED) is 0.913. The zero-order chi connectivity index (χ0) is 13.1. The molecule has 1 aliphatic rings. The zero-order valence-electron chi connectivity index (χ0n) is 10.6. The van der Waals surface area contributed by atoms with E-state index in [0.717, 1.165) is 35.1 Å². The van der Waals surface area contributed by atoms with Crippen LogP contribution in [0.1, 0.15) is 24.5 Å². The summed E-state index contributed by atoms with van der Waals surface area (Å²) in [6, 6.07) is 7.74. The van der Waals surface area contributed by atoms with E-state index in [0.29, 0.717) is 5.92 Å². The molecule has 1 aliphatic heterocycles. The molecule has 0 aliphatic carbocycles. The van der Waals surface area contributed by atoms with Crippen LogP contribution in [0.5, 0.6) is 0 Å². The van der Waals surface area contributed by atoms with E-state index in [1.807, 2.05) is 30.5 Å². The number of aromatic nitrogens is 2. The number of halogens is 1. The van der Waals surface area contributed by atoms with Crippen molar-refractivity contribution in [1.29, 1.82) is 0 Å². The Morgan fingerprint density at radius 3 is 3.00 bits per heavy atom. The largest absolute Gasteiger partial charge is 0.316 e. The van der Waals surface area contributed by atoms with Crippen molar-refractivity contribution in [3.63, 3.8) is 0 Å². The van der Waals surface area contributed by atoms with Gasteiger partial charge >= 0.3 is 0 Å². The molecular formula is C15H16ClN3. The molecule has 1 N–H and O–H groups in total. The van der Waals surface area contributed by atoms with E-state index in [9.17, 15) is 0 Å². The molecule has 0 spiro atoms. The smallest absolute Gasteiger partial charge is 0.0889 e. The topological polar surface area (TPSA) is 37.8 Å². The maximum atomic E-state index is 6.03. The molecule has 1 fully saturated rings. The van der Waals surface area contributed by atoms with Gasteiger partial charge in [-0.1, -0.05) is 23.7 Å². The molecule has 2 heterocycles. The predicted molar refractivity (Wildman–Crippen MR) is 77.3 cm³/mol. The Kier molecular flexibility index (Phi) is 3.76. The van der Waals surface area contributed by atoms with E-state index in [4.69, 9.17) is 16.6 Å². The Morgan fingerprint density at radius 1 is 1.26 bits per heavy atom. The van der Waals surface area contributed by atoms with Gasteiger partial charge in [-0.05, 0) is 31.5 Å². The molecule has 0 radical (unpaired) electrons. The van der Waals surface area contributed by atoms with Crippen LogP contribution >= 0.6 is 11.6 Å². The van der Waals surface area contributed by atoms with Crippen LogP contribution in [0.2, 0.25) is 5.02 Å². The van der Waals surface area contributed by atoms with E-state index in [1.54, 1.807) is 6.20 Å². The highest BCUT2D eigenvalue weighted by molar-refractivity contribution is 6.30. The summed E-state index contributed by atoms with van der Waals surface area (Å²) in [4.78, 5) is 9.08. The second-order valence-electron chi connectivity index (χ2n) is 4.88. The number of benzene rings is 1. The lowest BCUT2D eigenvalue weighted by molar-refractivity contribution is 0.454. The van der Waals surface area contributed by atoms with Crippen LogP contribution in [-0.2, 0) is 0 Å². The first-order valence-corrected chi connectivity index (χ1v) is 6.99. The van der Waals surface area contributed by atoms with Gasteiger partial charge in [0.2, 0.25) is 0 Å². The molecule has 1 saturated heterocycles. The molecular weight excluding hydrogens is 258 g/mol. The van der Waals surface area contributed by atoms with Gasteiger partial charge in [-0.3, -0.25) is 4.98 Å². The maximum absolute atomic E-state index is 6.03. The standard InChI is InChI=1S/C15H16ClN3/c16-13-5-1-3-11(7-13)14-9-18-10-15(19-14)12-4-2-6-17-8-12/h1,3,5,7,9-10,12,17H,2,4,6,8H2/t12-/m1/s1. The fourth-order valence-corrected chi connectivity index (χ4v) is 2.66. The highest BCUT2D eigenvalue weighted by Crippen LogP contribution is 2.25. The number of nitrogens with zero attached hydrogens (tertiary/aromatic N) is 2. The van der Waals surface area contributed by atoms with Crippen LogP contribution in [0.3, 0.4) is 0 Å². The summed E-state index contributed by atoms with van der Waals surface area (Å²) < 4.78 is 0. The molecule has 3 nitrogen and oxygen atoms in total. The summed E-state index contributed by atoms with van der Waals surface area (Å²) in [5, 5.41) is 4.14. The number of nitrogens with one attached hydrogen (secondary N) is 1. The number of piperidine rings is 1. The van der Waals surface area contributed by atoms with Gasteiger partial charge in [0.1, 0.15) is 0 Å². The van der Waals surface area contributed by atoms with E-state index < -0.39 is 0 Å². The monoisotopic (exact) mass is 273 g/mol. The molecule has 1 aromatic carbocycles. The van der Waals surface area contributed by atoms with Gasteiger partial charge in [-0.15, -0.1) is 0 Å². The lowest BCUT2D eigenvalue weighted by Gasteiger charge is -2.22. The molecule has 1 aromatic heterocycles. The molecule has 1 atom stereocenters. The van der Waals surface area contributed by atoms with Crippen LogP contribution in [0.15, 0.2) is 36.7 Å². The van der Waals surface area contributed by atoms with Gasteiger partial charge in [0.25, 0.3) is 0 Å². The van der Waals surface area contributed by atoms with Gasteiger partial charge in [-0.2, -0.15) is 0 Å². The number of hydrogen-bond donors (Lipinski definition) is 1. The molecule has 2 aromatic rings. The molecule has 0 saturated carbocycles. The Morgan fingerprint density at radius 2 is 2.21 bits per heavy atom. The zero-order valence-corrected chi connectivity index (χ0v) is 11.4. The van der Waals surface area contributed by atoms with Crippen LogP contribution in [0.25, 0.3) is 11.3 Å². The minimum atomic E-state index is 0.473. The van der Waals surface area contributed by atoms with Gasteiger partial charge < -0.3 is 5.32 Å². The first kappa shape index (κ1) is 12.6. The van der Waals surface area contributed by atoms with Crippen LogP contribution in [0.4, 0.5) is 0 Å². The predicted octanol–water partition coefficient (Wildman–Crippen LogP) is 3.26. The maximum Gasteiger partial charge on any atom is 0.0889 e. The highest BCUT2D eigenvalue weighted by Gasteiger charge is 2.17. The highest BCUT2D eigenvalue weighted by atomic mass is 35.5. The molecule has 98 valence electrons. The number of hydrogen-bond acceptors (Lipinski definition) is 3. The fourth-order valence-electron chi connectivity index (χ4n) is 2.47. The van der Waals surface area contributed by atoms with Gasteiger partial charge in [0.15, 0.2) is 0 Å². The average molecular weight is 274 g/mol. The van der Waals surface area contributed by atoms with Crippen molar-refractivity contribution in [2.75, 3.05) is 13.1 Å². The summed E-state index contributed by atoms with van der Waals surface area (Å²) in [6.07, 6.45) is 6.06. The third kappa shape index (κ3) is 2.94. The van der Waals surface area contributed by atoms with Crippen molar-refractivity contribution in [2.45, 2.75) is 18.8 Å². The molecule has 0 amide bonds. The summed E-state index contributed by atoms with van der Waals surface area (Å²) in [5.74, 6) is 0.473. The molecule has 3 rings (SSSR count). The SMILES string of the molecule is Clc1cccc(-c2cncc([C@@H]3CCCNC3)n2)c1. The summed E-state index contributed by atoms with van der Waals surface area (Å²) in [6.45, 7) is 2.10. The summed E-state index contributed by atoms with van der Waals surface area (Å²) in [5.41, 5.74) is 2.99. The lowest BCUT2D eigenvalue weighted by Crippen LogP contribution is -2.28. The van der Waals surface area contributed by atoms with E-state index in [1.165, 1.54) is 12.8 Å². The fraction of sp³-hybridized carbons (Fsp3) is 0.333. The normalized spacial score (nSPS) is 19.3. The third-order valence-corrected chi connectivity index (χ3v) is 3.72. The molecule has 19 heavy (non-hydrogen) atoms. The van der Waals surface area contributed by atoms with Crippen LogP contribution in [-0.4, -0.2) is 23.1 Å². The summed E-state index contributed by atoms with van der Waals surface area (Å²) in [7, 11) is 0. The van der Waals surface area contributed by atoms with Gasteiger partial charge in [0, 0.05) is 29.2 Å². The Balaban J connectivity index is 1.91.